The van der Waals surface area contributed by atoms with Gasteiger partial charge in [-0.3, -0.25) is 0 Å². The summed E-state index contributed by atoms with van der Waals surface area (Å²) in [5, 5.41) is 0. The van der Waals surface area contributed by atoms with Gasteiger partial charge in [-0.25, -0.2) is 9.37 Å². The Morgan fingerprint density at radius 3 is 2.69 bits per heavy atom. The number of aromatic nitrogens is 1. The Morgan fingerprint density at radius 2 is 2.23 bits per heavy atom. The van der Waals surface area contributed by atoms with Crippen LogP contribution >= 0.6 is 7.14 Å². The first-order chi connectivity index (χ1) is 5.97. The molecule has 0 aliphatic carbocycles. The molecule has 1 heterocycles. The van der Waals surface area contributed by atoms with Gasteiger partial charge in [0.1, 0.15) is 12.6 Å². The van der Waals surface area contributed by atoms with Crippen molar-refractivity contribution in [2.45, 2.75) is 13.8 Å². The van der Waals surface area contributed by atoms with Crippen LogP contribution in [0.15, 0.2) is 12.3 Å². The molecule has 0 aromatic carbocycles. The zero-order chi connectivity index (χ0) is 10.1. The predicted molar refractivity (Wildman–Crippen MR) is 52.6 cm³/mol. The third-order valence-electron chi connectivity index (χ3n) is 2.01. The summed E-state index contributed by atoms with van der Waals surface area (Å²) < 4.78 is 25.1. The fourth-order valence-corrected chi connectivity index (χ4v) is 2.14. The number of hydrogen-bond acceptors (Lipinski definition) is 2. The van der Waals surface area contributed by atoms with E-state index in [0.717, 1.165) is 5.56 Å². The molecule has 0 radical (unpaired) electrons. The number of nitrogens with zero attached hydrogens (tertiary/aromatic N) is 1. The molecule has 0 bridgehead atoms. The lowest BCUT2D eigenvalue weighted by Crippen LogP contribution is -2.15. The molecular formula is C9H13FNOP. The molecule has 0 fully saturated rings. The number of hydrogen-bond donors (Lipinski definition) is 0. The maximum absolute atomic E-state index is 13.3. The molecule has 4 heteroatoms. The fourth-order valence-electron chi connectivity index (χ4n) is 1.02. The van der Waals surface area contributed by atoms with Crippen molar-refractivity contribution in [2.24, 2.45) is 0 Å². The van der Waals surface area contributed by atoms with E-state index in [0.29, 0.717) is 6.16 Å². The predicted octanol–water partition coefficient (Wildman–Crippen LogP) is 2.17. The van der Waals surface area contributed by atoms with Crippen molar-refractivity contribution >= 4 is 12.6 Å². The van der Waals surface area contributed by atoms with Gasteiger partial charge in [0.2, 0.25) is 0 Å². The monoisotopic (exact) mass is 201 g/mol. The van der Waals surface area contributed by atoms with Crippen molar-refractivity contribution in [2.75, 3.05) is 12.8 Å². The van der Waals surface area contributed by atoms with Crippen molar-refractivity contribution < 1.29 is 8.96 Å². The normalized spacial score (nSPS) is 15.4. The van der Waals surface area contributed by atoms with Gasteiger partial charge in [0, 0.05) is 12.4 Å². The molecule has 1 unspecified atom stereocenters. The molecule has 0 aliphatic rings. The smallest absolute Gasteiger partial charge is 0.152 e. The second-order valence-electron chi connectivity index (χ2n) is 3.24. The molecule has 1 aromatic heterocycles. The molecule has 0 aliphatic heterocycles. The largest absolute Gasteiger partial charge is 0.317 e. The quantitative estimate of drug-likeness (QED) is 0.686. The first-order valence-electron chi connectivity index (χ1n) is 4.16. The average molecular weight is 201 g/mol. The van der Waals surface area contributed by atoms with Gasteiger partial charge in [0.25, 0.3) is 0 Å². The first-order valence-corrected chi connectivity index (χ1v) is 6.50. The van der Waals surface area contributed by atoms with Crippen LogP contribution in [0.2, 0.25) is 0 Å². The molecule has 13 heavy (non-hydrogen) atoms. The van der Waals surface area contributed by atoms with Gasteiger partial charge in [0.05, 0.1) is 0 Å². The molecule has 1 aromatic rings. The minimum Gasteiger partial charge on any atom is -0.317 e. The summed E-state index contributed by atoms with van der Waals surface area (Å²) >= 11 is 0. The number of halogens is 1. The van der Waals surface area contributed by atoms with E-state index in [4.69, 9.17) is 0 Å². The Balaban J connectivity index is 3.24. The third kappa shape index (κ3) is 2.16. The Morgan fingerprint density at radius 1 is 1.62 bits per heavy atom. The van der Waals surface area contributed by atoms with Gasteiger partial charge in [0.15, 0.2) is 5.82 Å². The van der Waals surface area contributed by atoms with Crippen LogP contribution in [0.25, 0.3) is 0 Å². The molecule has 0 amide bonds. The van der Waals surface area contributed by atoms with Crippen molar-refractivity contribution in [3.63, 3.8) is 0 Å². The maximum Gasteiger partial charge on any atom is 0.152 e. The molecule has 1 rings (SSSR count). The topological polar surface area (TPSA) is 30.0 Å². The highest BCUT2D eigenvalue weighted by atomic mass is 31.2. The van der Waals surface area contributed by atoms with Crippen LogP contribution in [0.3, 0.4) is 0 Å². The highest BCUT2D eigenvalue weighted by Gasteiger charge is 2.21. The third-order valence-corrected chi connectivity index (χ3v) is 4.44. The van der Waals surface area contributed by atoms with Crippen molar-refractivity contribution in [3.8, 4) is 0 Å². The molecule has 0 spiro atoms. The number of aryl methyl sites for hydroxylation is 1. The molecule has 2 nitrogen and oxygen atoms in total. The van der Waals surface area contributed by atoms with Crippen molar-refractivity contribution in [3.05, 3.63) is 23.6 Å². The van der Waals surface area contributed by atoms with Crippen LogP contribution in [0.5, 0.6) is 0 Å². The molecule has 0 saturated heterocycles. The van der Waals surface area contributed by atoms with Gasteiger partial charge >= 0.3 is 0 Å². The molecule has 0 N–H and O–H groups in total. The minimum absolute atomic E-state index is 0.126. The lowest BCUT2D eigenvalue weighted by molar-refractivity contribution is 0.580. The Kier molecular flexibility index (Phi) is 2.87. The number of rotatable bonds is 2. The van der Waals surface area contributed by atoms with Crippen LogP contribution in [0.1, 0.15) is 12.5 Å². The zero-order valence-electron chi connectivity index (χ0n) is 8.04. The van der Waals surface area contributed by atoms with Gasteiger partial charge in [-0.2, -0.15) is 0 Å². The standard InChI is InChI=1S/C9H13FNOP/c1-4-13(3,12)9-8(10)5-7(2)6-11-9/h5-6H,4H2,1-3H3. The van der Waals surface area contributed by atoms with Crippen molar-refractivity contribution in [1.82, 2.24) is 4.98 Å². The Labute approximate surface area is 77.6 Å². The molecular weight excluding hydrogens is 188 g/mol. The van der Waals surface area contributed by atoms with Crippen LogP contribution < -0.4 is 5.44 Å². The van der Waals surface area contributed by atoms with Crippen molar-refractivity contribution in [1.29, 1.82) is 0 Å². The van der Waals surface area contributed by atoms with Crippen LogP contribution in [0, 0.1) is 12.7 Å². The highest BCUT2D eigenvalue weighted by Crippen LogP contribution is 2.38. The summed E-state index contributed by atoms with van der Waals surface area (Å²) in [6.07, 6.45) is 1.99. The SMILES string of the molecule is CCP(C)(=O)c1ncc(C)cc1F. The van der Waals surface area contributed by atoms with Crippen LogP contribution in [-0.4, -0.2) is 17.8 Å². The lowest BCUT2D eigenvalue weighted by atomic mass is 10.3. The average Bonchev–Trinajstić information content (AvgIpc) is 2.03. The summed E-state index contributed by atoms with van der Waals surface area (Å²) in [4.78, 5) is 3.88. The van der Waals surface area contributed by atoms with E-state index in [1.54, 1.807) is 26.7 Å². The van der Waals surface area contributed by atoms with Gasteiger partial charge in [-0.15, -0.1) is 0 Å². The minimum atomic E-state index is -2.57. The highest BCUT2D eigenvalue weighted by molar-refractivity contribution is 7.70. The second kappa shape index (κ2) is 3.59. The summed E-state index contributed by atoms with van der Waals surface area (Å²) in [6.45, 7) is 5.10. The second-order valence-corrected chi connectivity index (χ2v) is 6.49. The summed E-state index contributed by atoms with van der Waals surface area (Å²) in [5.74, 6) is -0.451. The van der Waals surface area contributed by atoms with E-state index in [2.05, 4.69) is 4.98 Å². The Hall–Kier alpha value is -0.690. The van der Waals surface area contributed by atoms with Gasteiger partial charge in [-0.05, 0) is 25.2 Å². The maximum atomic E-state index is 13.3. The summed E-state index contributed by atoms with van der Waals surface area (Å²) in [7, 11) is -2.57. The fraction of sp³-hybridized carbons (Fsp3) is 0.444. The Bertz CT molecular complexity index is 365. The van der Waals surface area contributed by atoms with Gasteiger partial charge < -0.3 is 4.57 Å². The molecule has 1 atom stereocenters. The van der Waals surface area contributed by atoms with E-state index >= 15 is 0 Å². The zero-order valence-corrected chi connectivity index (χ0v) is 8.94. The van der Waals surface area contributed by atoms with E-state index in [-0.39, 0.29) is 5.44 Å². The lowest BCUT2D eigenvalue weighted by Gasteiger charge is -2.10. The van der Waals surface area contributed by atoms with E-state index < -0.39 is 13.0 Å². The van der Waals surface area contributed by atoms with Crippen LogP contribution in [-0.2, 0) is 4.57 Å². The van der Waals surface area contributed by atoms with E-state index in [1.807, 2.05) is 0 Å². The van der Waals surface area contributed by atoms with Gasteiger partial charge in [-0.1, -0.05) is 6.92 Å². The number of pyridine rings is 1. The van der Waals surface area contributed by atoms with Crippen LogP contribution in [0.4, 0.5) is 4.39 Å². The van der Waals surface area contributed by atoms with E-state index in [1.165, 1.54) is 6.07 Å². The molecule has 0 saturated carbocycles. The summed E-state index contributed by atoms with van der Waals surface area (Å²) in [5.41, 5.74) is 0.873. The molecule has 72 valence electrons. The first kappa shape index (κ1) is 10.4. The summed E-state index contributed by atoms with van der Waals surface area (Å²) in [6, 6.07) is 1.37. The van der Waals surface area contributed by atoms with E-state index in [9.17, 15) is 8.96 Å².